The van der Waals surface area contributed by atoms with Gasteiger partial charge in [-0.1, -0.05) is 23.7 Å². The third-order valence-electron chi connectivity index (χ3n) is 6.66. The molecule has 0 spiro atoms. The molecule has 2 atom stereocenters. The Bertz CT molecular complexity index is 1620. The molecule has 4 rings (SSSR count). The highest BCUT2D eigenvalue weighted by atomic mass is 35.5. The van der Waals surface area contributed by atoms with E-state index in [2.05, 4.69) is 10.6 Å². The number of aryl methyl sites for hydroxylation is 3. The molecular formula is C28H27ClN2O7. The Hall–Kier alpha value is -4.11. The Morgan fingerprint density at radius 3 is 2.24 bits per heavy atom. The minimum Gasteiger partial charge on any atom is -0.480 e. The molecule has 0 aliphatic rings. The van der Waals surface area contributed by atoms with E-state index in [4.69, 9.17) is 20.4 Å². The van der Waals surface area contributed by atoms with Gasteiger partial charge in [0.05, 0.1) is 12.0 Å². The molecule has 10 heteroatoms. The SMILES string of the molecule is Cc1oc2cc3oc(=O)c(CC(=O)N[C@H](C)C(=O)N[C@H](Cc4ccc(Cl)cc4)C(=O)O)c(C)c3cc2c1C. The highest BCUT2D eigenvalue weighted by Gasteiger charge is 2.25. The van der Waals surface area contributed by atoms with Crippen molar-refractivity contribution in [3.05, 3.63) is 79.9 Å². The third kappa shape index (κ3) is 5.57. The average Bonchev–Trinajstić information content (AvgIpc) is 3.13. The molecule has 3 N–H and O–H groups in total. The fourth-order valence-electron chi connectivity index (χ4n) is 4.30. The fourth-order valence-corrected chi connectivity index (χ4v) is 4.43. The van der Waals surface area contributed by atoms with Crippen molar-refractivity contribution < 1.29 is 28.3 Å². The van der Waals surface area contributed by atoms with Crippen molar-refractivity contribution >= 4 is 51.3 Å². The lowest BCUT2D eigenvalue weighted by molar-refractivity contribution is -0.142. The molecule has 0 radical (unpaired) electrons. The van der Waals surface area contributed by atoms with Crippen molar-refractivity contribution in [3.63, 3.8) is 0 Å². The smallest absolute Gasteiger partial charge is 0.340 e. The van der Waals surface area contributed by atoms with Gasteiger partial charge in [-0.2, -0.15) is 0 Å². The fraction of sp³-hybridized carbons (Fsp3) is 0.286. The summed E-state index contributed by atoms with van der Waals surface area (Å²) in [6, 6.07) is 7.90. The van der Waals surface area contributed by atoms with Crippen molar-refractivity contribution in [3.8, 4) is 0 Å². The molecule has 2 aromatic heterocycles. The van der Waals surface area contributed by atoms with Gasteiger partial charge in [0.2, 0.25) is 11.8 Å². The van der Waals surface area contributed by atoms with Crippen LogP contribution in [-0.4, -0.2) is 35.0 Å². The summed E-state index contributed by atoms with van der Waals surface area (Å²) >= 11 is 5.87. The van der Waals surface area contributed by atoms with Crippen LogP contribution in [0.2, 0.25) is 5.02 Å². The number of rotatable bonds is 8. The highest BCUT2D eigenvalue weighted by molar-refractivity contribution is 6.30. The van der Waals surface area contributed by atoms with Gasteiger partial charge >= 0.3 is 11.6 Å². The number of hydrogen-bond acceptors (Lipinski definition) is 6. The van der Waals surface area contributed by atoms with Crippen LogP contribution in [0.5, 0.6) is 0 Å². The number of carboxylic acid groups (broad SMARTS) is 1. The van der Waals surface area contributed by atoms with Crippen LogP contribution in [0.15, 0.2) is 50.0 Å². The molecular weight excluding hydrogens is 512 g/mol. The minimum atomic E-state index is -1.21. The second-order valence-electron chi connectivity index (χ2n) is 9.32. The third-order valence-corrected chi connectivity index (χ3v) is 6.91. The molecule has 38 heavy (non-hydrogen) atoms. The van der Waals surface area contributed by atoms with Gasteiger partial charge in [-0.05, 0) is 62.6 Å². The Morgan fingerprint density at radius 1 is 0.947 bits per heavy atom. The van der Waals surface area contributed by atoms with E-state index in [0.717, 1.165) is 16.7 Å². The van der Waals surface area contributed by atoms with Gasteiger partial charge in [-0.15, -0.1) is 0 Å². The van der Waals surface area contributed by atoms with Gasteiger partial charge < -0.3 is 24.6 Å². The van der Waals surface area contributed by atoms with Gasteiger partial charge in [0.25, 0.3) is 0 Å². The number of hydrogen-bond donors (Lipinski definition) is 3. The van der Waals surface area contributed by atoms with Crippen LogP contribution >= 0.6 is 11.6 Å². The van der Waals surface area contributed by atoms with E-state index in [0.29, 0.717) is 32.7 Å². The molecule has 9 nitrogen and oxygen atoms in total. The lowest BCUT2D eigenvalue weighted by Crippen LogP contribution is -2.51. The monoisotopic (exact) mass is 538 g/mol. The maximum absolute atomic E-state index is 12.8. The van der Waals surface area contributed by atoms with Crippen LogP contribution in [0.25, 0.3) is 21.9 Å². The molecule has 2 heterocycles. The molecule has 0 unspecified atom stereocenters. The second-order valence-corrected chi connectivity index (χ2v) is 9.75. The van der Waals surface area contributed by atoms with Gasteiger partial charge in [0, 0.05) is 28.3 Å². The number of aliphatic carboxylic acids is 1. The second kappa shape index (κ2) is 10.7. The van der Waals surface area contributed by atoms with E-state index in [1.54, 1.807) is 37.3 Å². The predicted octanol–water partition coefficient (Wildman–Crippen LogP) is 3.98. The summed E-state index contributed by atoms with van der Waals surface area (Å²) in [5.74, 6) is -1.70. The van der Waals surface area contributed by atoms with E-state index >= 15 is 0 Å². The molecule has 0 saturated carbocycles. The molecule has 0 saturated heterocycles. The average molecular weight is 539 g/mol. The predicted molar refractivity (Wildman–Crippen MR) is 142 cm³/mol. The normalized spacial score (nSPS) is 12.9. The Morgan fingerprint density at radius 2 is 1.58 bits per heavy atom. The van der Waals surface area contributed by atoms with Crippen molar-refractivity contribution in [1.82, 2.24) is 10.6 Å². The maximum atomic E-state index is 12.8. The van der Waals surface area contributed by atoms with Gasteiger partial charge in [-0.3, -0.25) is 9.59 Å². The summed E-state index contributed by atoms with van der Waals surface area (Å²) in [7, 11) is 0. The number of carbonyl (C=O) groups is 3. The molecule has 0 bridgehead atoms. The first-order valence-electron chi connectivity index (χ1n) is 12.0. The van der Waals surface area contributed by atoms with E-state index < -0.39 is 35.5 Å². The Labute approximate surface area is 222 Å². The molecule has 0 fully saturated rings. The van der Waals surface area contributed by atoms with Crippen molar-refractivity contribution in [2.24, 2.45) is 0 Å². The number of amides is 2. The molecule has 2 aromatic carbocycles. The van der Waals surface area contributed by atoms with Crippen molar-refractivity contribution in [2.45, 2.75) is 52.6 Å². The molecule has 198 valence electrons. The first kappa shape index (κ1) is 26.9. The van der Waals surface area contributed by atoms with Crippen LogP contribution in [0.1, 0.15) is 34.9 Å². The number of furan rings is 1. The summed E-state index contributed by atoms with van der Waals surface area (Å²) in [5.41, 5.74) is 2.72. The zero-order valence-corrected chi connectivity index (χ0v) is 22.1. The number of benzene rings is 2. The zero-order chi connectivity index (χ0) is 27.7. The summed E-state index contributed by atoms with van der Waals surface area (Å²) in [6.07, 6.45) is -0.268. The lowest BCUT2D eigenvalue weighted by Gasteiger charge is -2.19. The van der Waals surface area contributed by atoms with E-state index in [1.165, 1.54) is 6.92 Å². The quantitative estimate of drug-likeness (QED) is 0.288. The lowest BCUT2D eigenvalue weighted by atomic mass is 10.0. The Kier molecular flexibility index (Phi) is 7.59. The van der Waals surface area contributed by atoms with Crippen molar-refractivity contribution in [1.29, 1.82) is 0 Å². The first-order chi connectivity index (χ1) is 17.9. The van der Waals surface area contributed by atoms with Crippen LogP contribution in [0, 0.1) is 20.8 Å². The topological polar surface area (TPSA) is 139 Å². The highest BCUT2D eigenvalue weighted by Crippen LogP contribution is 2.31. The van der Waals surface area contributed by atoms with E-state index in [9.17, 15) is 24.3 Å². The zero-order valence-electron chi connectivity index (χ0n) is 21.3. The molecule has 0 aliphatic heterocycles. The van der Waals surface area contributed by atoms with E-state index in [1.807, 2.05) is 19.9 Å². The molecule has 0 aliphatic carbocycles. The standard InChI is InChI=1S/C28H27ClN2O7/c1-13-16(4)37-23-12-24-20(10-19(13)23)14(2)21(28(36)38-24)11-25(32)30-15(3)26(33)31-22(27(34)35)9-17-5-7-18(29)8-6-17/h5-8,10,12,15,22H,9,11H2,1-4H3,(H,30,32)(H,31,33)(H,34,35)/t15-,22-/m1/s1. The number of carbonyl (C=O) groups excluding carboxylic acids is 2. The number of carboxylic acids is 1. The van der Waals surface area contributed by atoms with Crippen LogP contribution in [-0.2, 0) is 27.2 Å². The summed E-state index contributed by atoms with van der Waals surface area (Å²) < 4.78 is 11.2. The molecule has 2 amide bonds. The number of nitrogens with one attached hydrogen (secondary N) is 2. The van der Waals surface area contributed by atoms with Gasteiger partial charge in [0.1, 0.15) is 29.0 Å². The summed E-state index contributed by atoms with van der Waals surface area (Å²) in [5, 5.41) is 16.6. The van der Waals surface area contributed by atoms with Crippen LogP contribution in [0.4, 0.5) is 0 Å². The van der Waals surface area contributed by atoms with Crippen LogP contribution in [0.3, 0.4) is 0 Å². The summed E-state index contributed by atoms with van der Waals surface area (Å²) in [4.78, 5) is 49.8. The first-order valence-corrected chi connectivity index (χ1v) is 12.4. The molecule has 4 aromatic rings. The minimum absolute atomic E-state index is 0.0408. The van der Waals surface area contributed by atoms with Crippen molar-refractivity contribution in [2.75, 3.05) is 0 Å². The Balaban J connectivity index is 1.47. The summed E-state index contributed by atoms with van der Waals surface area (Å²) in [6.45, 7) is 6.96. The van der Waals surface area contributed by atoms with Gasteiger partial charge in [-0.25, -0.2) is 9.59 Å². The van der Waals surface area contributed by atoms with Gasteiger partial charge in [0.15, 0.2) is 0 Å². The van der Waals surface area contributed by atoms with Crippen LogP contribution < -0.4 is 16.3 Å². The number of fused-ring (bicyclic) bond motifs is 2. The maximum Gasteiger partial charge on any atom is 0.340 e. The van der Waals surface area contributed by atoms with E-state index in [-0.39, 0.29) is 18.4 Å². The number of halogens is 1. The largest absolute Gasteiger partial charge is 0.480 e.